The van der Waals surface area contributed by atoms with Crippen LogP contribution < -0.4 is 0 Å². The van der Waals surface area contributed by atoms with E-state index in [0.717, 1.165) is 26.1 Å². The van der Waals surface area contributed by atoms with Gasteiger partial charge in [0.05, 0.1) is 0 Å². The van der Waals surface area contributed by atoms with Crippen molar-refractivity contribution in [3.05, 3.63) is 76.9 Å². The first-order valence-electron chi connectivity index (χ1n) is 9.17. The molecule has 0 bridgehead atoms. The predicted molar refractivity (Wildman–Crippen MR) is 104 cm³/mol. The van der Waals surface area contributed by atoms with Gasteiger partial charge in [0.2, 0.25) is 0 Å². The smallest absolute Gasteiger partial charge is 0.0233 e. The minimum Gasteiger partial charge on any atom is -0.299 e. The van der Waals surface area contributed by atoms with Crippen LogP contribution in [-0.4, -0.2) is 18.0 Å². The molecule has 0 spiro atoms. The van der Waals surface area contributed by atoms with Gasteiger partial charge in [0.15, 0.2) is 0 Å². The summed E-state index contributed by atoms with van der Waals surface area (Å²) in [6.45, 7) is 14.4. The van der Waals surface area contributed by atoms with Crippen LogP contribution in [0.3, 0.4) is 0 Å². The highest BCUT2D eigenvalue weighted by Gasteiger charge is 2.21. The predicted octanol–water partition coefficient (Wildman–Crippen LogP) is 5.58. The maximum atomic E-state index is 4.21. The number of likely N-dealkylation sites (N-methyl/N-ethyl adjacent to an activating group) is 1. The molecule has 1 heteroatoms. The molecule has 0 aliphatic heterocycles. The zero-order valence-electron chi connectivity index (χ0n) is 15.3. The fourth-order valence-corrected chi connectivity index (χ4v) is 4.01. The Labute approximate surface area is 147 Å². The molecule has 0 saturated carbocycles. The first-order valence-corrected chi connectivity index (χ1v) is 9.17. The zero-order valence-corrected chi connectivity index (χ0v) is 15.3. The molecule has 0 saturated heterocycles. The van der Waals surface area contributed by atoms with Gasteiger partial charge in [-0.15, -0.1) is 0 Å². The SMILES string of the molecule is C=C1CCc2c1ccc(C(C)CN(CC)Cc1ccccc1)c2C. The lowest BCUT2D eigenvalue weighted by atomic mass is 9.90. The average Bonchev–Trinajstić information content (AvgIpc) is 2.97. The van der Waals surface area contributed by atoms with E-state index < -0.39 is 0 Å². The van der Waals surface area contributed by atoms with E-state index in [9.17, 15) is 0 Å². The van der Waals surface area contributed by atoms with Crippen LogP contribution in [0.25, 0.3) is 5.57 Å². The Morgan fingerprint density at radius 1 is 1.08 bits per heavy atom. The lowest BCUT2D eigenvalue weighted by Crippen LogP contribution is -2.27. The molecule has 2 aromatic carbocycles. The van der Waals surface area contributed by atoms with Crippen LogP contribution in [0.1, 0.15) is 54.0 Å². The van der Waals surface area contributed by atoms with Crippen molar-refractivity contribution in [2.45, 2.75) is 46.1 Å². The number of rotatable bonds is 6. The monoisotopic (exact) mass is 319 g/mol. The number of hydrogen-bond acceptors (Lipinski definition) is 1. The first-order chi connectivity index (χ1) is 11.6. The minimum atomic E-state index is 0.549. The minimum absolute atomic E-state index is 0.549. The number of allylic oxidation sites excluding steroid dienone is 1. The second kappa shape index (κ2) is 7.36. The number of nitrogens with zero attached hydrogens (tertiary/aromatic N) is 1. The third kappa shape index (κ3) is 3.47. The highest BCUT2D eigenvalue weighted by Crippen LogP contribution is 2.36. The normalized spacial score (nSPS) is 14.9. The van der Waals surface area contributed by atoms with Crippen molar-refractivity contribution < 1.29 is 0 Å². The molecule has 1 nitrogen and oxygen atoms in total. The summed E-state index contributed by atoms with van der Waals surface area (Å²) in [6, 6.07) is 15.4. The van der Waals surface area contributed by atoms with Gasteiger partial charge in [0, 0.05) is 13.1 Å². The van der Waals surface area contributed by atoms with Crippen molar-refractivity contribution in [3.63, 3.8) is 0 Å². The maximum absolute atomic E-state index is 4.21. The van der Waals surface area contributed by atoms with Crippen LogP contribution in [0.15, 0.2) is 49.0 Å². The fourth-order valence-electron chi connectivity index (χ4n) is 4.01. The summed E-state index contributed by atoms with van der Waals surface area (Å²) in [5, 5.41) is 0. The molecular weight excluding hydrogens is 290 g/mol. The Morgan fingerprint density at radius 3 is 2.54 bits per heavy atom. The van der Waals surface area contributed by atoms with Crippen molar-refractivity contribution in [2.24, 2.45) is 0 Å². The Bertz CT molecular complexity index is 714. The van der Waals surface area contributed by atoms with Crippen molar-refractivity contribution >= 4 is 5.57 Å². The van der Waals surface area contributed by atoms with Crippen molar-refractivity contribution in [1.82, 2.24) is 4.90 Å². The summed E-state index contributed by atoms with van der Waals surface area (Å²) < 4.78 is 0. The molecule has 1 aliphatic rings. The van der Waals surface area contributed by atoms with E-state index in [1.165, 1.54) is 39.8 Å². The largest absolute Gasteiger partial charge is 0.299 e. The third-order valence-electron chi connectivity index (χ3n) is 5.46. The Kier molecular flexibility index (Phi) is 5.20. The summed E-state index contributed by atoms with van der Waals surface area (Å²) in [5.74, 6) is 0.549. The van der Waals surface area contributed by atoms with Gasteiger partial charge >= 0.3 is 0 Å². The van der Waals surface area contributed by atoms with Gasteiger partial charge in [0.25, 0.3) is 0 Å². The quantitative estimate of drug-likeness (QED) is 0.672. The van der Waals surface area contributed by atoms with Crippen molar-refractivity contribution in [1.29, 1.82) is 0 Å². The Hall–Kier alpha value is -1.86. The second-order valence-corrected chi connectivity index (χ2v) is 7.12. The summed E-state index contributed by atoms with van der Waals surface area (Å²) in [4.78, 5) is 2.55. The Morgan fingerprint density at radius 2 is 1.83 bits per heavy atom. The van der Waals surface area contributed by atoms with E-state index in [2.05, 4.69) is 74.7 Å². The van der Waals surface area contributed by atoms with Crippen LogP contribution in [0.2, 0.25) is 0 Å². The highest BCUT2D eigenvalue weighted by molar-refractivity contribution is 5.72. The van der Waals surface area contributed by atoms with Gasteiger partial charge in [-0.25, -0.2) is 0 Å². The Balaban J connectivity index is 1.74. The van der Waals surface area contributed by atoms with Gasteiger partial charge in [-0.2, -0.15) is 0 Å². The van der Waals surface area contributed by atoms with E-state index in [1.54, 1.807) is 0 Å². The van der Waals surface area contributed by atoms with Gasteiger partial charge in [0.1, 0.15) is 0 Å². The first kappa shape index (κ1) is 17.0. The highest BCUT2D eigenvalue weighted by atomic mass is 15.1. The van der Waals surface area contributed by atoms with Crippen LogP contribution in [0.4, 0.5) is 0 Å². The maximum Gasteiger partial charge on any atom is 0.0233 e. The van der Waals surface area contributed by atoms with E-state index in [4.69, 9.17) is 0 Å². The van der Waals surface area contributed by atoms with Crippen LogP contribution in [0, 0.1) is 6.92 Å². The molecule has 1 aliphatic carbocycles. The lowest BCUT2D eigenvalue weighted by Gasteiger charge is -2.26. The summed E-state index contributed by atoms with van der Waals surface area (Å²) in [7, 11) is 0. The molecule has 24 heavy (non-hydrogen) atoms. The van der Waals surface area contributed by atoms with Gasteiger partial charge in [-0.3, -0.25) is 4.90 Å². The molecule has 1 atom stereocenters. The molecule has 0 N–H and O–H groups in total. The summed E-state index contributed by atoms with van der Waals surface area (Å²) >= 11 is 0. The average molecular weight is 319 g/mol. The molecule has 0 amide bonds. The molecular formula is C23H29N. The van der Waals surface area contributed by atoms with Crippen LogP contribution in [0.5, 0.6) is 0 Å². The molecule has 3 rings (SSSR count). The number of hydrogen-bond donors (Lipinski definition) is 0. The fraction of sp³-hybridized carbons (Fsp3) is 0.391. The van der Waals surface area contributed by atoms with Crippen molar-refractivity contribution in [3.8, 4) is 0 Å². The number of fused-ring (bicyclic) bond motifs is 1. The standard InChI is InChI=1S/C23H29N/c1-5-24(16-20-9-7-6-8-10-20)15-18(3)21-13-14-22-17(2)11-12-23(22)19(21)4/h6-10,13-14,18H,2,5,11-12,15-16H2,1,3-4H3. The van der Waals surface area contributed by atoms with Crippen LogP contribution in [-0.2, 0) is 13.0 Å². The van der Waals surface area contributed by atoms with E-state index in [1.807, 2.05) is 0 Å². The molecule has 1 unspecified atom stereocenters. The molecule has 126 valence electrons. The van der Waals surface area contributed by atoms with E-state index >= 15 is 0 Å². The van der Waals surface area contributed by atoms with Gasteiger partial charge < -0.3 is 0 Å². The summed E-state index contributed by atoms with van der Waals surface area (Å²) in [5.41, 5.74) is 8.65. The molecule has 0 fully saturated rings. The van der Waals surface area contributed by atoms with Gasteiger partial charge in [-0.1, -0.05) is 62.9 Å². The lowest BCUT2D eigenvalue weighted by molar-refractivity contribution is 0.265. The molecule has 0 aromatic heterocycles. The van der Waals surface area contributed by atoms with Gasteiger partial charge in [-0.05, 0) is 65.6 Å². The van der Waals surface area contributed by atoms with Crippen molar-refractivity contribution in [2.75, 3.05) is 13.1 Å². The molecule has 0 heterocycles. The van der Waals surface area contributed by atoms with E-state index in [-0.39, 0.29) is 0 Å². The van der Waals surface area contributed by atoms with E-state index in [0.29, 0.717) is 5.92 Å². The molecule has 2 aromatic rings. The third-order valence-corrected chi connectivity index (χ3v) is 5.46. The van der Waals surface area contributed by atoms with Crippen LogP contribution >= 0.6 is 0 Å². The second-order valence-electron chi connectivity index (χ2n) is 7.12. The summed E-state index contributed by atoms with van der Waals surface area (Å²) in [6.07, 6.45) is 2.30. The number of benzene rings is 2. The topological polar surface area (TPSA) is 3.24 Å². The molecule has 0 radical (unpaired) electrons. The zero-order chi connectivity index (χ0) is 17.1.